The van der Waals surface area contributed by atoms with Gasteiger partial charge in [-0.2, -0.15) is 26.3 Å². The van der Waals surface area contributed by atoms with Crippen LogP contribution >= 0.6 is 0 Å². The predicted octanol–water partition coefficient (Wildman–Crippen LogP) is 8.16. The number of carboxylic acids is 1. The van der Waals surface area contributed by atoms with E-state index < -0.39 is 35.4 Å². The molecule has 0 fully saturated rings. The van der Waals surface area contributed by atoms with E-state index in [1.54, 1.807) is 0 Å². The molecule has 0 saturated carbocycles. The first-order valence-corrected chi connectivity index (χ1v) is 14.5. The number of hydrogen-bond donors (Lipinski definition) is 4. The second-order valence-electron chi connectivity index (χ2n) is 10.5. The second kappa shape index (κ2) is 15.0. The van der Waals surface area contributed by atoms with Crippen LogP contribution in [0.25, 0.3) is 22.6 Å². The molecule has 19 heteroatoms. The minimum atomic E-state index is -4.40. The molecule has 4 heterocycles. The predicted molar refractivity (Wildman–Crippen MR) is 170 cm³/mol. The zero-order chi connectivity index (χ0) is 37.6. The highest BCUT2D eigenvalue weighted by molar-refractivity contribution is 5.91. The molecule has 268 valence electrons. The molecule has 0 bridgehead atoms. The van der Waals surface area contributed by atoms with Crippen molar-refractivity contribution in [2.45, 2.75) is 12.4 Å². The Hall–Kier alpha value is -6.76. The summed E-state index contributed by atoms with van der Waals surface area (Å²) in [7, 11) is 1.19. The molecule has 0 spiro atoms. The standard InChI is InChI=1S/C17H13F3N4O3.C16H10F3N3O3/c1-24(26)15(25)13-7-6-12(8-21-13)23-16-22-9-14(27-16)10-2-4-11(5-3-10)17(18,19)20;17-16(18,19)10-3-1-9(2-4-10)13-8-21-15(25-13)22-11-5-6-12(14(23)24)20-7-11/h2-9,26H,1H3,(H,22,23);1-8H,(H,21,22)(H,23,24). The molecule has 0 atom stereocenters. The summed E-state index contributed by atoms with van der Waals surface area (Å²) in [6, 6.07) is 14.9. The number of amides is 1. The number of rotatable bonds is 8. The fourth-order valence-electron chi connectivity index (χ4n) is 4.18. The van der Waals surface area contributed by atoms with E-state index in [1.807, 2.05) is 0 Å². The van der Waals surface area contributed by atoms with E-state index in [1.165, 1.54) is 80.4 Å². The Kier molecular flexibility index (Phi) is 10.5. The van der Waals surface area contributed by atoms with Gasteiger partial charge in [-0.15, -0.1) is 0 Å². The first kappa shape index (κ1) is 36.5. The number of anilines is 4. The number of nitrogens with one attached hydrogen (secondary N) is 2. The number of hydroxylamine groups is 2. The number of alkyl halides is 6. The van der Waals surface area contributed by atoms with Gasteiger partial charge in [-0.3, -0.25) is 10.0 Å². The normalized spacial score (nSPS) is 11.3. The molecule has 4 aromatic heterocycles. The van der Waals surface area contributed by atoms with Gasteiger partial charge in [-0.1, -0.05) is 24.3 Å². The van der Waals surface area contributed by atoms with Gasteiger partial charge in [-0.25, -0.2) is 29.8 Å². The molecule has 0 radical (unpaired) electrons. The molecule has 4 N–H and O–H groups in total. The fraction of sp³-hybridized carbons (Fsp3) is 0.0909. The van der Waals surface area contributed by atoms with Gasteiger partial charge in [0.15, 0.2) is 11.5 Å². The van der Waals surface area contributed by atoms with Crippen molar-refractivity contribution in [2.75, 3.05) is 17.7 Å². The Bertz CT molecular complexity index is 2130. The van der Waals surface area contributed by atoms with Crippen molar-refractivity contribution in [1.82, 2.24) is 25.0 Å². The van der Waals surface area contributed by atoms with E-state index in [2.05, 4.69) is 30.6 Å². The summed E-state index contributed by atoms with van der Waals surface area (Å²) in [5, 5.41) is 23.9. The Morgan fingerprint density at radius 2 is 1.02 bits per heavy atom. The zero-order valence-corrected chi connectivity index (χ0v) is 26.3. The minimum Gasteiger partial charge on any atom is -0.477 e. The molecule has 0 aliphatic heterocycles. The van der Waals surface area contributed by atoms with Crippen molar-refractivity contribution >= 4 is 35.3 Å². The van der Waals surface area contributed by atoms with Crippen LogP contribution < -0.4 is 10.6 Å². The third-order valence-electron chi connectivity index (χ3n) is 6.77. The Morgan fingerprint density at radius 3 is 1.35 bits per heavy atom. The highest BCUT2D eigenvalue weighted by Gasteiger charge is 2.31. The number of hydrogen-bond acceptors (Lipinski definition) is 11. The lowest BCUT2D eigenvalue weighted by Gasteiger charge is -2.08. The number of aromatic nitrogens is 4. The SMILES string of the molecule is CN(O)C(=O)c1ccc(Nc2ncc(-c3ccc(C(F)(F)F)cc3)o2)cn1.O=C(O)c1ccc(Nc2ncc(-c3ccc(C(F)(F)F)cc3)o2)cn1. The van der Waals surface area contributed by atoms with Crippen LogP contribution in [0, 0.1) is 0 Å². The van der Waals surface area contributed by atoms with Crippen molar-refractivity contribution in [2.24, 2.45) is 0 Å². The summed E-state index contributed by atoms with van der Waals surface area (Å²) in [4.78, 5) is 37.9. The molecule has 0 saturated heterocycles. The Balaban J connectivity index is 0.000000202. The molecule has 0 aliphatic rings. The second-order valence-corrected chi connectivity index (χ2v) is 10.5. The molecular weight excluding hydrogens is 704 g/mol. The number of aromatic carboxylic acids is 1. The van der Waals surface area contributed by atoms with Crippen molar-refractivity contribution in [3.05, 3.63) is 120 Å². The monoisotopic (exact) mass is 727 g/mol. The molecule has 0 aliphatic carbocycles. The van der Waals surface area contributed by atoms with E-state index in [0.29, 0.717) is 27.6 Å². The van der Waals surface area contributed by atoms with Gasteiger partial charge in [0.1, 0.15) is 11.4 Å². The number of benzene rings is 2. The number of nitrogens with zero attached hydrogens (tertiary/aromatic N) is 5. The third-order valence-corrected chi connectivity index (χ3v) is 6.77. The van der Waals surface area contributed by atoms with Gasteiger partial charge in [0.05, 0.1) is 47.3 Å². The lowest BCUT2D eigenvalue weighted by Crippen LogP contribution is -2.23. The van der Waals surface area contributed by atoms with Crippen LogP contribution in [0.3, 0.4) is 0 Å². The summed E-state index contributed by atoms with van der Waals surface area (Å²) < 4.78 is 86.4. The molecule has 52 heavy (non-hydrogen) atoms. The first-order valence-electron chi connectivity index (χ1n) is 14.5. The molecule has 2 aromatic carbocycles. The van der Waals surface area contributed by atoms with Crippen LogP contribution in [-0.2, 0) is 12.4 Å². The van der Waals surface area contributed by atoms with Crippen LogP contribution in [0.5, 0.6) is 0 Å². The number of carboxylic acid groups (broad SMARTS) is 1. The lowest BCUT2D eigenvalue weighted by molar-refractivity contribution is -0.138. The highest BCUT2D eigenvalue weighted by Crippen LogP contribution is 2.33. The van der Waals surface area contributed by atoms with E-state index >= 15 is 0 Å². The topological polar surface area (TPSA) is 180 Å². The number of pyridine rings is 2. The van der Waals surface area contributed by atoms with Crippen molar-refractivity contribution in [3.63, 3.8) is 0 Å². The van der Waals surface area contributed by atoms with E-state index in [-0.39, 0.29) is 34.9 Å². The maximum Gasteiger partial charge on any atom is 0.416 e. The van der Waals surface area contributed by atoms with Gasteiger partial charge in [-0.05, 0) is 48.5 Å². The van der Waals surface area contributed by atoms with Crippen LogP contribution in [0.15, 0.2) is 106 Å². The van der Waals surface area contributed by atoms with Crippen LogP contribution in [0.1, 0.15) is 32.1 Å². The van der Waals surface area contributed by atoms with Crippen molar-refractivity contribution < 1.29 is 55.1 Å². The van der Waals surface area contributed by atoms with Gasteiger partial charge in [0.25, 0.3) is 17.9 Å². The number of carbonyl (C=O) groups excluding carboxylic acids is 1. The largest absolute Gasteiger partial charge is 0.477 e. The van der Waals surface area contributed by atoms with Crippen LogP contribution in [0.2, 0.25) is 0 Å². The molecule has 6 aromatic rings. The Labute approximate surface area is 288 Å². The minimum absolute atomic E-state index is 0.0448. The summed E-state index contributed by atoms with van der Waals surface area (Å²) in [6.07, 6.45) is -3.43. The average Bonchev–Trinajstić information content (AvgIpc) is 3.78. The van der Waals surface area contributed by atoms with E-state index in [0.717, 1.165) is 24.3 Å². The lowest BCUT2D eigenvalue weighted by atomic mass is 10.1. The number of halogens is 6. The van der Waals surface area contributed by atoms with Crippen LogP contribution in [-0.4, -0.2) is 54.2 Å². The summed E-state index contributed by atoms with van der Waals surface area (Å²) >= 11 is 0. The summed E-state index contributed by atoms with van der Waals surface area (Å²) in [6.45, 7) is 0. The molecule has 0 unspecified atom stereocenters. The maximum atomic E-state index is 12.6. The Morgan fingerprint density at radius 1 is 0.615 bits per heavy atom. The van der Waals surface area contributed by atoms with Gasteiger partial charge in [0, 0.05) is 18.2 Å². The molecular formula is C33H23F6N7O6. The summed E-state index contributed by atoms with van der Waals surface area (Å²) in [5.74, 6) is -1.24. The smallest absolute Gasteiger partial charge is 0.416 e. The summed E-state index contributed by atoms with van der Waals surface area (Å²) in [5.41, 5.74) is 0.226. The van der Waals surface area contributed by atoms with Gasteiger partial charge in [0.2, 0.25) is 0 Å². The number of carbonyl (C=O) groups is 2. The quantitative estimate of drug-likeness (QED) is 0.0672. The molecule has 13 nitrogen and oxygen atoms in total. The fourth-order valence-corrected chi connectivity index (χ4v) is 4.18. The number of oxazole rings is 2. The molecule has 6 rings (SSSR count). The molecule has 1 amide bonds. The van der Waals surface area contributed by atoms with Crippen LogP contribution in [0.4, 0.5) is 49.7 Å². The van der Waals surface area contributed by atoms with Gasteiger partial charge >= 0.3 is 18.3 Å². The average molecular weight is 728 g/mol. The van der Waals surface area contributed by atoms with Crippen molar-refractivity contribution in [1.29, 1.82) is 0 Å². The van der Waals surface area contributed by atoms with Crippen molar-refractivity contribution in [3.8, 4) is 22.6 Å². The van der Waals surface area contributed by atoms with E-state index in [9.17, 15) is 35.9 Å². The first-order chi connectivity index (χ1) is 24.6. The highest BCUT2D eigenvalue weighted by atomic mass is 19.4. The van der Waals surface area contributed by atoms with E-state index in [4.69, 9.17) is 19.1 Å². The maximum absolute atomic E-state index is 12.6. The third kappa shape index (κ3) is 9.27. The zero-order valence-electron chi connectivity index (χ0n) is 26.3. The van der Waals surface area contributed by atoms with Gasteiger partial charge < -0.3 is 24.6 Å².